The zero-order valence-electron chi connectivity index (χ0n) is 13.4. The molecule has 7 heteroatoms. The van der Waals surface area contributed by atoms with Crippen LogP contribution in [0.3, 0.4) is 0 Å². The summed E-state index contributed by atoms with van der Waals surface area (Å²) in [4.78, 5) is 28.0. The number of aromatic amines is 1. The second kappa shape index (κ2) is 5.99. The van der Waals surface area contributed by atoms with Crippen LogP contribution in [0.1, 0.15) is 47.3 Å². The minimum atomic E-state index is -0.0870. The minimum absolute atomic E-state index is 0.0115. The van der Waals surface area contributed by atoms with Gasteiger partial charge in [-0.15, -0.1) is 0 Å². The molecule has 1 fully saturated rings. The number of aryl methyl sites for hydroxylation is 1. The van der Waals surface area contributed by atoms with E-state index in [0.29, 0.717) is 17.9 Å². The van der Waals surface area contributed by atoms with Crippen molar-refractivity contribution in [3.05, 3.63) is 47.9 Å². The summed E-state index contributed by atoms with van der Waals surface area (Å²) in [5.41, 5.74) is 1.41. The van der Waals surface area contributed by atoms with E-state index in [4.69, 9.17) is 0 Å². The van der Waals surface area contributed by atoms with Crippen LogP contribution in [0.15, 0.2) is 30.7 Å². The maximum Gasteiger partial charge on any atom is 0.255 e. The van der Waals surface area contributed by atoms with Crippen LogP contribution >= 0.6 is 0 Å². The number of H-pyrrole nitrogens is 1. The largest absolute Gasteiger partial charge is 0.328 e. The number of rotatable bonds is 2. The number of nitrogens with zero attached hydrogens (tertiary/aromatic N) is 5. The summed E-state index contributed by atoms with van der Waals surface area (Å²) >= 11 is 0. The Kier molecular flexibility index (Phi) is 3.68. The molecule has 4 heterocycles. The Morgan fingerprint density at radius 2 is 2.21 bits per heavy atom. The van der Waals surface area contributed by atoms with Crippen LogP contribution in [-0.4, -0.2) is 42.5 Å². The van der Waals surface area contributed by atoms with Gasteiger partial charge in [0.05, 0.1) is 17.1 Å². The lowest BCUT2D eigenvalue weighted by atomic mass is 9.99. The second-order valence-electron chi connectivity index (χ2n) is 6.04. The molecule has 0 aliphatic carbocycles. The van der Waals surface area contributed by atoms with Gasteiger partial charge in [0.15, 0.2) is 5.82 Å². The van der Waals surface area contributed by atoms with Gasteiger partial charge in [-0.2, -0.15) is 5.10 Å². The van der Waals surface area contributed by atoms with Gasteiger partial charge in [0.1, 0.15) is 5.82 Å². The van der Waals surface area contributed by atoms with Gasteiger partial charge in [0.2, 0.25) is 0 Å². The lowest BCUT2D eigenvalue weighted by Crippen LogP contribution is -2.39. The first kappa shape index (κ1) is 14.7. The van der Waals surface area contributed by atoms with Crippen molar-refractivity contribution < 1.29 is 4.79 Å². The number of pyridine rings is 2. The molecule has 3 aromatic heterocycles. The summed E-state index contributed by atoms with van der Waals surface area (Å²) < 4.78 is 0. The predicted octanol–water partition coefficient (Wildman–Crippen LogP) is 2.42. The van der Waals surface area contributed by atoms with E-state index in [1.807, 2.05) is 17.9 Å². The molecule has 1 saturated heterocycles. The van der Waals surface area contributed by atoms with Crippen LogP contribution in [0.2, 0.25) is 0 Å². The third kappa shape index (κ3) is 2.51. The third-order valence-corrected chi connectivity index (χ3v) is 4.45. The molecule has 0 radical (unpaired) electrons. The molecular formula is C17H18N6O. The molecule has 0 spiro atoms. The maximum absolute atomic E-state index is 13.2. The molecule has 1 aliphatic rings. The highest BCUT2D eigenvalue weighted by Gasteiger charge is 2.32. The molecule has 1 N–H and O–H groups in total. The molecule has 7 nitrogen and oxygen atoms in total. The predicted molar refractivity (Wildman–Crippen MR) is 88.3 cm³/mol. The normalized spacial score (nSPS) is 18.0. The zero-order chi connectivity index (χ0) is 16.5. The maximum atomic E-state index is 13.2. The Labute approximate surface area is 139 Å². The average Bonchev–Trinajstić information content (AvgIpc) is 3.07. The van der Waals surface area contributed by atoms with Crippen molar-refractivity contribution in [2.75, 3.05) is 6.54 Å². The highest BCUT2D eigenvalue weighted by Crippen LogP contribution is 2.31. The van der Waals surface area contributed by atoms with Crippen molar-refractivity contribution >= 4 is 16.8 Å². The van der Waals surface area contributed by atoms with E-state index < -0.39 is 0 Å². The fourth-order valence-corrected chi connectivity index (χ4v) is 3.28. The quantitative estimate of drug-likeness (QED) is 0.783. The molecule has 0 bridgehead atoms. The number of hydrogen-bond donors (Lipinski definition) is 1. The zero-order valence-corrected chi connectivity index (χ0v) is 13.4. The Balaban J connectivity index is 1.73. The van der Waals surface area contributed by atoms with Crippen molar-refractivity contribution in [1.82, 2.24) is 30.0 Å². The molecule has 1 aliphatic heterocycles. The van der Waals surface area contributed by atoms with Gasteiger partial charge in [-0.1, -0.05) is 0 Å². The van der Waals surface area contributed by atoms with E-state index >= 15 is 0 Å². The van der Waals surface area contributed by atoms with Gasteiger partial charge in [-0.25, -0.2) is 4.98 Å². The number of carbonyl (C=O) groups excluding carboxylic acids is 1. The number of aromatic nitrogens is 5. The SMILES string of the molecule is Cc1nc([C@H]2CCCCN2C(=O)c2ccnc3ccncc23)n[nH]1. The number of amides is 1. The fourth-order valence-electron chi connectivity index (χ4n) is 3.28. The van der Waals surface area contributed by atoms with E-state index in [1.54, 1.807) is 24.7 Å². The number of likely N-dealkylation sites (tertiary alicyclic amines) is 1. The van der Waals surface area contributed by atoms with E-state index in [1.165, 1.54) is 0 Å². The molecule has 1 atom stereocenters. The molecule has 0 unspecified atom stereocenters. The summed E-state index contributed by atoms with van der Waals surface area (Å²) in [5.74, 6) is 1.45. The van der Waals surface area contributed by atoms with E-state index in [0.717, 1.165) is 36.0 Å². The van der Waals surface area contributed by atoms with Gasteiger partial charge < -0.3 is 4.90 Å². The van der Waals surface area contributed by atoms with Crippen LogP contribution < -0.4 is 0 Å². The highest BCUT2D eigenvalue weighted by molar-refractivity contribution is 6.05. The van der Waals surface area contributed by atoms with Gasteiger partial charge in [0.25, 0.3) is 5.91 Å². The highest BCUT2D eigenvalue weighted by atomic mass is 16.2. The molecule has 24 heavy (non-hydrogen) atoms. The first-order valence-corrected chi connectivity index (χ1v) is 8.12. The second-order valence-corrected chi connectivity index (χ2v) is 6.04. The van der Waals surface area contributed by atoms with E-state index in [2.05, 4.69) is 25.1 Å². The number of carbonyl (C=O) groups is 1. The van der Waals surface area contributed by atoms with Gasteiger partial charge in [0, 0.05) is 30.5 Å². The summed E-state index contributed by atoms with van der Waals surface area (Å²) in [6, 6.07) is 3.50. The molecule has 0 saturated carbocycles. The average molecular weight is 322 g/mol. The molecule has 3 aromatic rings. The molecule has 0 aromatic carbocycles. The molecular weight excluding hydrogens is 304 g/mol. The van der Waals surface area contributed by atoms with Crippen molar-refractivity contribution in [3.8, 4) is 0 Å². The third-order valence-electron chi connectivity index (χ3n) is 4.45. The number of hydrogen-bond acceptors (Lipinski definition) is 5. The van der Waals surface area contributed by atoms with E-state index in [-0.39, 0.29) is 11.9 Å². The van der Waals surface area contributed by atoms with Crippen LogP contribution in [0, 0.1) is 6.92 Å². The van der Waals surface area contributed by atoms with E-state index in [9.17, 15) is 4.79 Å². The topological polar surface area (TPSA) is 87.7 Å². The van der Waals surface area contributed by atoms with Crippen molar-refractivity contribution in [3.63, 3.8) is 0 Å². The number of piperidine rings is 1. The van der Waals surface area contributed by atoms with Crippen LogP contribution in [0.4, 0.5) is 0 Å². The minimum Gasteiger partial charge on any atom is -0.328 e. The van der Waals surface area contributed by atoms with Crippen molar-refractivity contribution in [2.24, 2.45) is 0 Å². The van der Waals surface area contributed by atoms with Gasteiger partial charge >= 0.3 is 0 Å². The molecule has 1 amide bonds. The van der Waals surface area contributed by atoms with Crippen molar-refractivity contribution in [1.29, 1.82) is 0 Å². The van der Waals surface area contributed by atoms with Crippen LogP contribution in [0.25, 0.3) is 10.9 Å². The summed E-state index contributed by atoms with van der Waals surface area (Å²) in [6.45, 7) is 2.58. The lowest BCUT2D eigenvalue weighted by Gasteiger charge is -2.34. The van der Waals surface area contributed by atoms with Gasteiger partial charge in [-0.05, 0) is 38.3 Å². The summed E-state index contributed by atoms with van der Waals surface area (Å²) in [6.07, 6.45) is 8.00. The van der Waals surface area contributed by atoms with Crippen LogP contribution in [0.5, 0.6) is 0 Å². The Bertz CT molecular complexity index is 884. The Morgan fingerprint density at radius 3 is 3.04 bits per heavy atom. The van der Waals surface area contributed by atoms with Crippen LogP contribution in [-0.2, 0) is 0 Å². The molecule has 122 valence electrons. The summed E-state index contributed by atoms with van der Waals surface area (Å²) in [5, 5.41) is 7.93. The Morgan fingerprint density at radius 1 is 1.29 bits per heavy atom. The lowest BCUT2D eigenvalue weighted by molar-refractivity contribution is 0.0602. The Hall–Kier alpha value is -2.83. The van der Waals surface area contributed by atoms with Crippen molar-refractivity contribution in [2.45, 2.75) is 32.2 Å². The first-order valence-electron chi connectivity index (χ1n) is 8.12. The molecule has 4 rings (SSSR count). The standard InChI is InChI=1S/C17H18N6O/c1-11-20-16(22-21-11)15-4-2-3-9-23(15)17(24)12-5-8-19-14-6-7-18-10-13(12)14/h5-8,10,15H,2-4,9H2,1H3,(H,20,21,22)/t15-/m1/s1. The number of nitrogens with one attached hydrogen (secondary N) is 1. The monoisotopic (exact) mass is 322 g/mol. The smallest absolute Gasteiger partial charge is 0.255 e. The summed E-state index contributed by atoms with van der Waals surface area (Å²) in [7, 11) is 0. The number of fused-ring (bicyclic) bond motifs is 1. The fraction of sp³-hybridized carbons (Fsp3) is 0.353. The first-order chi connectivity index (χ1) is 11.7. The van der Waals surface area contributed by atoms with Gasteiger partial charge in [-0.3, -0.25) is 19.9 Å².